The number of aliphatic carboxylic acids is 2. The number of unbranched alkanes of at least 4 members (excludes halogenated alkanes) is 8. The van der Waals surface area contributed by atoms with Crippen molar-refractivity contribution in [2.75, 3.05) is 0 Å². The van der Waals surface area contributed by atoms with Gasteiger partial charge in [-0.3, -0.25) is 4.99 Å². The molecule has 0 aliphatic carbocycles. The SMILES string of the molecule is CCCCCCCCCCCC([O-])=N[C@@H](CC(=O)[O-])C(=O)O.[Na+].[Na+]. The summed E-state index contributed by atoms with van der Waals surface area (Å²) in [5.41, 5.74) is 0. The van der Waals surface area contributed by atoms with E-state index in [-0.39, 0.29) is 65.5 Å². The molecule has 128 valence electrons. The average Bonchev–Trinajstić information content (AvgIpc) is 2.44. The van der Waals surface area contributed by atoms with Gasteiger partial charge in [0.05, 0.1) is 0 Å². The predicted molar refractivity (Wildman–Crippen MR) is 80.3 cm³/mol. The van der Waals surface area contributed by atoms with E-state index < -0.39 is 30.3 Å². The van der Waals surface area contributed by atoms with Gasteiger partial charge in [0, 0.05) is 12.4 Å². The van der Waals surface area contributed by atoms with E-state index in [4.69, 9.17) is 5.11 Å². The topological polar surface area (TPSA) is 113 Å². The summed E-state index contributed by atoms with van der Waals surface area (Å²) in [6.45, 7) is 2.18. The molecule has 0 aromatic heterocycles. The van der Waals surface area contributed by atoms with Crippen LogP contribution in [-0.4, -0.2) is 29.0 Å². The molecule has 0 rings (SSSR count). The van der Waals surface area contributed by atoms with Crippen LogP contribution in [0.5, 0.6) is 0 Å². The van der Waals surface area contributed by atoms with Crippen LogP contribution in [0.2, 0.25) is 0 Å². The minimum atomic E-state index is -1.53. The molecule has 0 aromatic carbocycles. The summed E-state index contributed by atoms with van der Waals surface area (Å²) in [7, 11) is 0. The van der Waals surface area contributed by atoms with Crippen LogP contribution in [0.25, 0.3) is 0 Å². The van der Waals surface area contributed by atoms with Crippen LogP contribution in [-0.2, 0) is 9.59 Å². The summed E-state index contributed by atoms with van der Waals surface area (Å²) in [5, 5.41) is 30.6. The number of carboxylic acid groups (broad SMARTS) is 2. The molecule has 0 unspecified atom stereocenters. The van der Waals surface area contributed by atoms with Crippen molar-refractivity contribution >= 4 is 17.8 Å². The van der Waals surface area contributed by atoms with Gasteiger partial charge in [0.1, 0.15) is 0 Å². The first-order valence-electron chi connectivity index (χ1n) is 8.13. The van der Waals surface area contributed by atoms with Crippen molar-refractivity contribution in [2.24, 2.45) is 4.99 Å². The molecule has 8 heteroatoms. The number of carboxylic acids is 2. The van der Waals surface area contributed by atoms with Crippen LogP contribution in [0, 0.1) is 0 Å². The first-order chi connectivity index (χ1) is 10.5. The van der Waals surface area contributed by atoms with Crippen molar-refractivity contribution in [3.63, 3.8) is 0 Å². The third kappa shape index (κ3) is 18.7. The van der Waals surface area contributed by atoms with E-state index in [2.05, 4.69) is 11.9 Å². The molecule has 0 amide bonds. The molecule has 0 spiro atoms. The van der Waals surface area contributed by atoms with E-state index in [1.807, 2.05) is 0 Å². The van der Waals surface area contributed by atoms with Gasteiger partial charge < -0.3 is 20.1 Å². The van der Waals surface area contributed by atoms with Crippen LogP contribution in [0.1, 0.15) is 77.6 Å². The van der Waals surface area contributed by atoms with Crippen molar-refractivity contribution < 1.29 is 84.0 Å². The first-order valence-corrected chi connectivity index (χ1v) is 8.13. The molecule has 1 N–H and O–H groups in total. The molecule has 6 nitrogen and oxygen atoms in total. The smallest absolute Gasteiger partial charge is 0.862 e. The second kappa shape index (κ2) is 19.7. The Morgan fingerprint density at radius 2 is 1.38 bits per heavy atom. The van der Waals surface area contributed by atoms with Gasteiger partial charge in [-0.05, 0) is 18.7 Å². The summed E-state index contributed by atoms with van der Waals surface area (Å²) in [6, 6.07) is -1.53. The summed E-state index contributed by atoms with van der Waals surface area (Å²) < 4.78 is 0. The maximum atomic E-state index is 11.5. The van der Waals surface area contributed by atoms with Gasteiger partial charge in [0.2, 0.25) is 0 Å². The molecule has 24 heavy (non-hydrogen) atoms. The second-order valence-electron chi connectivity index (χ2n) is 5.53. The fraction of sp³-hybridized carbons (Fsp3) is 0.812. The summed E-state index contributed by atoms with van der Waals surface area (Å²) in [6.07, 6.45) is 9.46. The second-order valence-corrected chi connectivity index (χ2v) is 5.53. The number of carbonyl (C=O) groups excluding carboxylic acids is 1. The average molecular weight is 359 g/mol. The number of nitrogens with zero attached hydrogens (tertiary/aromatic N) is 1. The fourth-order valence-corrected chi connectivity index (χ4v) is 2.17. The molecular formula is C16H27NNa2O5. The maximum absolute atomic E-state index is 11.5. The van der Waals surface area contributed by atoms with Gasteiger partial charge in [-0.25, -0.2) is 4.79 Å². The van der Waals surface area contributed by atoms with Crippen molar-refractivity contribution in [1.29, 1.82) is 0 Å². The van der Waals surface area contributed by atoms with Crippen LogP contribution >= 0.6 is 0 Å². The van der Waals surface area contributed by atoms with Gasteiger partial charge in [-0.2, -0.15) is 0 Å². The predicted octanol–water partition coefficient (Wildman–Crippen LogP) is -4.73. The molecular weight excluding hydrogens is 332 g/mol. The zero-order chi connectivity index (χ0) is 16.8. The largest absolute Gasteiger partial charge is 1.00 e. The first kappa shape index (κ1) is 29.2. The number of hydrogen-bond acceptors (Lipinski definition) is 5. The van der Waals surface area contributed by atoms with Crippen LogP contribution in [0.15, 0.2) is 4.99 Å². The minimum Gasteiger partial charge on any atom is -0.862 e. The monoisotopic (exact) mass is 359 g/mol. The molecule has 0 saturated heterocycles. The Balaban J connectivity index is -0.00000220. The number of rotatable bonds is 14. The zero-order valence-corrected chi connectivity index (χ0v) is 19.4. The normalized spacial score (nSPS) is 12.0. The van der Waals surface area contributed by atoms with Crippen LogP contribution in [0.3, 0.4) is 0 Å². The molecule has 0 aromatic rings. The molecule has 0 fully saturated rings. The van der Waals surface area contributed by atoms with Crippen molar-refractivity contribution in [3.05, 3.63) is 0 Å². The number of hydrogen-bond donors (Lipinski definition) is 1. The Kier molecular flexibility index (Phi) is 24.0. The molecule has 0 radical (unpaired) electrons. The van der Waals surface area contributed by atoms with E-state index >= 15 is 0 Å². The Morgan fingerprint density at radius 1 is 0.917 bits per heavy atom. The summed E-state index contributed by atoms with van der Waals surface area (Å²) >= 11 is 0. The molecule has 0 heterocycles. The van der Waals surface area contributed by atoms with Crippen LogP contribution < -0.4 is 69.3 Å². The standard InChI is InChI=1S/C16H29NO5.2Na/c1-2-3-4-5-6-7-8-9-10-11-14(18)17-13(16(21)22)12-15(19)20;;/h13H,2-12H2,1H3,(H,17,18)(H,19,20)(H,21,22);;/q;2*+1/p-2/t13-;;/m0../s1. The third-order valence-corrected chi connectivity index (χ3v) is 3.44. The summed E-state index contributed by atoms with van der Waals surface area (Å²) in [5.74, 6) is -3.48. The molecule has 0 aliphatic heterocycles. The summed E-state index contributed by atoms with van der Waals surface area (Å²) in [4.78, 5) is 24.6. The van der Waals surface area contributed by atoms with Gasteiger partial charge in [-0.15, -0.1) is 0 Å². The van der Waals surface area contributed by atoms with Gasteiger partial charge in [0.15, 0.2) is 6.04 Å². The van der Waals surface area contributed by atoms with E-state index in [1.165, 1.54) is 32.1 Å². The van der Waals surface area contributed by atoms with E-state index in [9.17, 15) is 19.8 Å². The van der Waals surface area contributed by atoms with Gasteiger partial charge >= 0.3 is 65.1 Å². The van der Waals surface area contributed by atoms with Crippen molar-refractivity contribution in [3.8, 4) is 0 Å². The number of carbonyl (C=O) groups is 2. The Hall–Kier alpha value is 0.410. The van der Waals surface area contributed by atoms with E-state index in [0.29, 0.717) is 6.42 Å². The zero-order valence-electron chi connectivity index (χ0n) is 15.4. The quantitative estimate of drug-likeness (QED) is 0.145. The Morgan fingerprint density at radius 3 is 1.79 bits per heavy atom. The molecule has 0 bridgehead atoms. The van der Waals surface area contributed by atoms with E-state index in [0.717, 1.165) is 19.3 Å². The minimum absolute atomic E-state index is 0. The third-order valence-electron chi connectivity index (χ3n) is 3.44. The molecule has 0 saturated carbocycles. The van der Waals surface area contributed by atoms with Gasteiger partial charge in [-0.1, -0.05) is 58.3 Å². The van der Waals surface area contributed by atoms with E-state index in [1.54, 1.807) is 0 Å². The van der Waals surface area contributed by atoms with Gasteiger partial charge in [0.25, 0.3) is 0 Å². The van der Waals surface area contributed by atoms with Crippen molar-refractivity contribution in [1.82, 2.24) is 0 Å². The molecule has 0 aliphatic rings. The fourth-order valence-electron chi connectivity index (χ4n) is 2.17. The Labute approximate surface area is 189 Å². The molecule has 1 atom stereocenters. The maximum Gasteiger partial charge on any atom is 1.00 e. The van der Waals surface area contributed by atoms with Crippen molar-refractivity contribution in [2.45, 2.75) is 83.6 Å². The van der Waals surface area contributed by atoms with Crippen LogP contribution in [0.4, 0.5) is 0 Å². The number of aliphatic imine (C=N–C) groups is 1. The Bertz CT molecular complexity index is 364.